The second-order valence-corrected chi connectivity index (χ2v) is 8.03. The minimum atomic E-state index is -3.64. The van der Waals surface area contributed by atoms with Crippen LogP contribution in [-0.4, -0.2) is 41.1 Å². The molecule has 7 nitrogen and oxygen atoms in total. The van der Waals surface area contributed by atoms with Gasteiger partial charge in [0.05, 0.1) is 18.6 Å². The van der Waals surface area contributed by atoms with E-state index in [9.17, 15) is 13.2 Å². The van der Waals surface area contributed by atoms with Crippen LogP contribution in [0.25, 0.3) is 0 Å². The van der Waals surface area contributed by atoms with Crippen LogP contribution in [0.5, 0.6) is 11.5 Å². The van der Waals surface area contributed by atoms with Crippen LogP contribution in [0.2, 0.25) is 0 Å². The molecule has 0 atom stereocenters. The fourth-order valence-corrected chi connectivity index (χ4v) is 3.85. The molecule has 0 aromatic heterocycles. The van der Waals surface area contributed by atoms with Crippen molar-refractivity contribution in [1.29, 1.82) is 0 Å². The zero-order valence-electron chi connectivity index (χ0n) is 16.3. The Labute approximate surface area is 166 Å². The normalized spacial score (nSPS) is 11.1. The summed E-state index contributed by atoms with van der Waals surface area (Å²) in [4.78, 5) is 12.1. The first-order chi connectivity index (χ1) is 13.3. The molecule has 2 rings (SSSR count). The molecule has 0 bridgehead atoms. The van der Waals surface area contributed by atoms with Gasteiger partial charge in [-0.05, 0) is 55.3 Å². The van der Waals surface area contributed by atoms with Crippen molar-refractivity contribution in [3.8, 4) is 11.5 Å². The number of carbonyl (C=O) groups excluding carboxylic acids is 1. The van der Waals surface area contributed by atoms with E-state index >= 15 is 0 Å². The van der Waals surface area contributed by atoms with Crippen molar-refractivity contribution < 1.29 is 22.7 Å². The van der Waals surface area contributed by atoms with E-state index in [2.05, 4.69) is 10.0 Å². The number of ether oxygens (including phenoxy) is 2. The van der Waals surface area contributed by atoms with Crippen LogP contribution in [0.15, 0.2) is 47.4 Å². The molecular formula is C20H26N2O5S. The lowest BCUT2D eigenvalue weighted by Gasteiger charge is -2.11. The molecule has 2 aromatic carbocycles. The molecule has 0 saturated heterocycles. The molecule has 0 unspecified atom stereocenters. The van der Waals surface area contributed by atoms with Crippen molar-refractivity contribution in [2.45, 2.75) is 25.2 Å². The van der Waals surface area contributed by atoms with Gasteiger partial charge < -0.3 is 14.8 Å². The van der Waals surface area contributed by atoms with Gasteiger partial charge in [-0.2, -0.15) is 0 Å². The lowest BCUT2D eigenvalue weighted by atomic mass is 10.2. The quantitative estimate of drug-likeness (QED) is 0.590. The molecule has 0 aliphatic rings. The smallest absolute Gasteiger partial charge is 0.240 e. The number of aryl methyl sites for hydroxylation is 2. The fourth-order valence-electron chi connectivity index (χ4n) is 2.49. The van der Waals surface area contributed by atoms with E-state index in [1.807, 2.05) is 13.0 Å². The largest absolute Gasteiger partial charge is 0.497 e. The number of amides is 1. The molecule has 0 heterocycles. The molecule has 152 valence electrons. The van der Waals surface area contributed by atoms with Gasteiger partial charge in [0.1, 0.15) is 18.1 Å². The van der Waals surface area contributed by atoms with Gasteiger partial charge in [-0.1, -0.05) is 12.1 Å². The molecular weight excluding hydrogens is 380 g/mol. The van der Waals surface area contributed by atoms with E-state index in [-0.39, 0.29) is 23.8 Å². The highest BCUT2D eigenvalue weighted by Gasteiger charge is 2.16. The summed E-state index contributed by atoms with van der Waals surface area (Å²) in [5, 5.41) is 2.70. The van der Waals surface area contributed by atoms with Gasteiger partial charge >= 0.3 is 0 Å². The summed E-state index contributed by atoms with van der Waals surface area (Å²) in [7, 11) is -2.05. The Balaban J connectivity index is 1.70. The standard InChI is InChI=1S/C20H26N2O5S/c1-15-4-5-16(2)19(14-15)28(24,25)22-11-10-20(23)21-12-13-27-18-8-6-17(26-3)7-9-18/h4-9,14,22H,10-13H2,1-3H3,(H,21,23). The van der Waals surface area contributed by atoms with E-state index in [4.69, 9.17) is 9.47 Å². The Bertz CT molecular complexity index is 895. The van der Waals surface area contributed by atoms with Crippen LogP contribution in [0.4, 0.5) is 0 Å². The lowest BCUT2D eigenvalue weighted by Crippen LogP contribution is -2.33. The minimum absolute atomic E-state index is 0.0287. The SMILES string of the molecule is COc1ccc(OCCNC(=O)CCNS(=O)(=O)c2cc(C)ccc2C)cc1. The average Bonchev–Trinajstić information content (AvgIpc) is 2.67. The summed E-state index contributed by atoms with van der Waals surface area (Å²) in [5.74, 6) is 1.17. The van der Waals surface area contributed by atoms with Crippen molar-refractivity contribution in [2.75, 3.05) is 26.8 Å². The zero-order valence-corrected chi connectivity index (χ0v) is 17.1. The molecule has 0 spiro atoms. The number of rotatable bonds is 10. The molecule has 0 radical (unpaired) electrons. The van der Waals surface area contributed by atoms with Crippen LogP contribution in [0.1, 0.15) is 17.5 Å². The molecule has 0 aliphatic heterocycles. The fraction of sp³-hybridized carbons (Fsp3) is 0.350. The molecule has 0 saturated carbocycles. The lowest BCUT2D eigenvalue weighted by molar-refractivity contribution is -0.121. The van der Waals surface area contributed by atoms with Crippen molar-refractivity contribution in [3.63, 3.8) is 0 Å². The number of carbonyl (C=O) groups is 1. The monoisotopic (exact) mass is 406 g/mol. The Morgan fingerprint density at radius 2 is 1.68 bits per heavy atom. The van der Waals surface area contributed by atoms with E-state index in [0.29, 0.717) is 24.5 Å². The maximum atomic E-state index is 12.4. The third-order valence-corrected chi connectivity index (χ3v) is 5.63. The summed E-state index contributed by atoms with van der Waals surface area (Å²) in [6.07, 6.45) is 0.0482. The summed E-state index contributed by atoms with van der Waals surface area (Å²) in [6.45, 7) is 4.24. The van der Waals surface area contributed by atoms with Crippen molar-refractivity contribution in [2.24, 2.45) is 0 Å². The highest BCUT2D eigenvalue weighted by Crippen LogP contribution is 2.17. The van der Waals surface area contributed by atoms with Gasteiger partial charge in [-0.3, -0.25) is 4.79 Å². The predicted molar refractivity (Wildman–Crippen MR) is 107 cm³/mol. The first-order valence-electron chi connectivity index (χ1n) is 8.92. The predicted octanol–water partition coefficient (Wildman–Crippen LogP) is 2.18. The first-order valence-corrected chi connectivity index (χ1v) is 10.4. The Morgan fingerprint density at radius 3 is 2.36 bits per heavy atom. The Hall–Kier alpha value is -2.58. The van der Waals surface area contributed by atoms with E-state index < -0.39 is 10.0 Å². The molecule has 0 aliphatic carbocycles. The molecule has 0 fully saturated rings. The van der Waals surface area contributed by atoms with E-state index in [1.165, 1.54) is 0 Å². The summed E-state index contributed by atoms with van der Waals surface area (Å²) in [5.41, 5.74) is 1.53. The van der Waals surface area contributed by atoms with E-state index in [0.717, 1.165) is 11.3 Å². The second-order valence-electron chi connectivity index (χ2n) is 6.29. The van der Waals surface area contributed by atoms with Gasteiger partial charge in [0.2, 0.25) is 15.9 Å². The van der Waals surface area contributed by atoms with Gasteiger partial charge in [-0.25, -0.2) is 13.1 Å². The average molecular weight is 407 g/mol. The van der Waals surface area contributed by atoms with Crippen LogP contribution < -0.4 is 19.5 Å². The summed E-state index contributed by atoms with van der Waals surface area (Å²) < 4.78 is 37.8. The minimum Gasteiger partial charge on any atom is -0.497 e. The third kappa shape index (κ3) is 6.54. The summed E-state index contributed by atoms with van der Waals surface area (Å²) in [6, 6.07) is 12.4. The molecule has 2 N–H and O–H groups in total. The van der Waals surface area contributed by atoms with Gasteiger partial charge in [-0.15, -0.1) is 0 Å². The summed E-state index contributed by atoms with van der Waals surface area (Å²) >= 11 is 0. The van der Waals surface area contributed by atoms with Gasteiger partial charge in [0.15, 0.2) is 0 Å². The van der Waals surface area contributed by atoms with Crippen molar-refractivity contribution >= 4 is 15.9 Å². The van der Waals surface area contributed by atoms with Crippen molar-refractivity contribution in [1.82, 2.24) is 10.0 Å². The van der Waals surface area contributed by atoms with Crippen LogP contribution >= 0.6 is 0 Å². The number of methoxy groups -OCH3 is 1. The van der Waals surface area contributed by atoms with Gasteiger partial charge in [0, 0.05) is 13.0 Å². The van der Waals surface area contributed by atoms with Crippen LogP contribution in [-0.2, 0) is 14.8 Å². The highest BCUT2D eigenvalue weighted by atomic mass is 32.2. The topological polar surface area (TPSA) is 93.7 Å². The van der Waals surface area contributed by atoms with E-state index in [1.54, 1.807) is 50.4 Å². The highest BCUT2D eigenvalue weighted by molar-refractivity contribution is 7.89. The molecule has 8 heteroatoms. The Morgan fingerprint density at radius 1 is 1.00 bits per heavy atom. The number of nitrogens with one attached hydrogen (secondary N) is 2. The number of hydrogen-bond acceptors (Lipinski definition) is 5. The van der Waals surface area contributed by atoms with Crippen LogP contribution in [0, 0.1) is 13.8 Å². The third-order valence-electron chi connectivity index (χ3n) is 4.03. The number of benzene rings is 2. The number of sulfonamides is 1. The Kier molecular flexibility index (Phi) is 7.83. The van der Waals surface area contributed by atoms with Gasteiger partial charge in [0.25, 0.3) is 0 Å². The molecule has 2 aromatic rings. The molecule has 1 amide bonds. The maximum absolute atomic E-state index is 12.4. The maximum Gasteiger partial charge on any atom is 0.240 e. The van der Waals surface area contributed by atoms with Crippen molar-refractivity contribution in [3.05, 3.63) is 53.6 Å². The zero-order chi connectivity index (χ0) is 20.6. The molecule has 28 heavy (non-hydrogen) atoms. The van der Waals surface area contributed by atoms with Crippen LogP contribution in [0.3, 0.4) is 0 Å². The first kappa shape index (κ1) is 21.7. The second kappa shape index (κ2) is 10.1. The number of hydrogen-bond donors (Lipinski definition) is 2.